The van der Waals surface area contributed by atoms with Crippen LogP contribution in [0.15, 0.2) is 0 Å². The summed E-state index contributed by atoms with van der Waals surface area (Å²) < 4.78 is 0. The molecule has 2 fully saturated rings. The average Bonchev–Trinajstić information content (AvgIpc) is 2.40. The van der Waals surface area contributed by atoms with E-state index in [0.717, 1.165) is 18.0 Å². The zero-order valence-electron chi connectivity index (χ0n) is 12.5. The molecule has 1 aliphatic heterocycles. The summed E-state index contributed by atoms with van der Waals surface area (Å²) >= 11 is 0. The van der Waals surface area contributed by atoms with Crippen molar-refractivity contribution in [2.24, 2.45) is 5.92 Å². The first-order valence-electron chi connectivity index (χ1n) is 7.82. The summed E-state index contributed by atoms with van der Waals surface area (Å²) in [7, 11) is 2.11. The highest BCUT2D eigenvalue weighted by Gasteiger charge is 2.24. The maximum atomic E-state index is 3.43. The molecule has 1 saturated heterocycles. The molecule has 0 aromatic rings. The largest absolute Gasteiger partial charge is 0.317 e. The number of nitrogens with zero attached hydrogens (tertiary/aromatic N) is 2. The molecule has 0 amide bonds. The van der Waals surface area contributed by atoms with Crippen LogP contribution < -0.4 is 5.32 Å². The molecular formula is C15H31N3. The summed E-state index contributed by atoms with van der Waals surface area (Å²) in [5.74, 6) is 0.959. The minimum atomic E-state index is 0.721. The third kappa shape index (κ3) is 3.94. The molecule has 0 spiro atoms. The van der Waals surface area contributed by atoms with Crippen molar-refractivity contribution in [1.82, 2.24) is 15.1 Å². The molecule has 1 saturated carbocycles. The van der Waals surface area contributed by atoms with Crippen molar-refractivity contribution in [1.29, 1.82) is 0 Å². The zero-order valence-corrected chi connectivity index (χ0v) is 12.5. The molecule has 106 valence electrons. The van der Waals surface area contributed by atoms with Gasteiger partial charge in [0.2, 0.25) is 0 Å². The summed E-state index contributed by atoms with van der Waals surface area (Å²) in [5.41, 5.74) is 0. The third-order valence-corrected chi connectivity index (χ3v) is 4.91. The van der Waals surface area contributed by atoms with E-state index in [1.165, 1.54) is 58.4 Å². The molecule has 0 atom stereocenters. The second kappa shape index (κ2) is 6.88. The Kier molecular flexibility index (Phi) is 5.46. The van der Waals surface area contributed by atoms with E-state index in [1.807, 2.05) is 0 Å². The Balaban J connectivity index is 1.66. The van der Waals surface area contributed by atoms with Crippen molar-refractivity contribution in [2.75, 3.05) is 39.8 Å². The first-order valence-corrected chi connectivity index (χ1v) is 7.82. The predicted octanol–water partition coefficient (Wildman–Crippen LogP) is 1.79. The Hall–Kier alpha value is -0.120. The van der Waals surface area contributed by atoms with Gasteiger partial charge in [-0.05, 0) is 52.5 Å². The molecular weight excluding hydrogens is 222 g/mol. The summed E-state index contributed by atoms with van der Waals surface area (Å²) in [6.07, 6.45) is 5.62. The monoisotopic (exact) mass is 253 g/mol. The van der Waals surface area contributed by atoms with E-state index in [0.29, 0.717) is 0 Å². The van der Waals surface area contributed by atoms with Crippen LogP contribution in [0.3, 0.4) is 0 Å². The molecule has 1 aliphatic carbocycles. The Labute approximate surface area is 113 Å². The fourth-order valence-corrected chi connectivity index (χ4v) is 3.46. The average molecular weight is 253 g/mol. The van der Waals surface area contributed by atoms with Crippen LogP contribution in [0.4, 0.5) is 0 Å². The summed E-state index contributed by atoms with van der Waals surface area (Å²) in [6, 6.07) is 1.51. The highest BCUT2D eigenvalue weighted by atomic mass is 15.3. The van der Waals surface area contributed by atoms with Gasteiger partial charge in [-0.15, -0.1) is 0 Å². The second-order valence-corrected chi connectivity index (χ2v) is 6.44. The van der Waals surface area contributed by atoms with Gasteiger partial charge in [-0.25, -0.2) is 0 Å². The quantitative estimate of drug-likeness (QED) is 0.824. The van der Waals surface area contributed by atoms with Crippen LogP contribution in [0, 0.1) is 5.92 Å². The molecule has 0 bridgehead atoms. The van der Waals surface area contributed by atoms with Crippen LogP contribution in [-0.2, 0) is 0 Å². The van der Waals surface area contributed by atoms with E-state index >= 15 is 0 Å². The number of piperazine rings is 1. The van der Waals surface area contributed by atoms with Crippen molar-refractivity contribution >= 4 is 0 Å². The summed E-state index contributed by atoms with van der Waals surface area (Å²) in [5, 5.41) is 3.43. The van der Waals surface area contributed by atoms with Crippen molar-refractivity contribution < 1.29 is 0 Å². The summed E-state index contributed by atoms with van der Waals surface area (Å²) in [4.78, 5) is 5.30. The minimum Gasteiger partial charge on any atom is -0.317 e. The van der Waals surface area contributed by atoms with Gasteiger partial charge in [0.25, 0.3) is 0 Å². The molecule has 1 heterocycles. The van der Waals surface area contributed by atoms with Crippen LogP contribution >= 0.6 is 0 Å². The SMILES string of the molecule is CNC1CCC(CN2CCN(C(C)C)CC2)CC1. The van der Waals surface area contributed by atoms with Gasteiger partial charge in [0.1, 0.15) is 0 Å². The van der Waals surface area contributed by atoms with Crippen LogP contribution in [0.5, 0.6) is 0 Å². The lowest BCUT2D eigenvalue weighted by Crippen LogP contribution is -2.50. The second-order valence-electron chi connectivity index (χ2n) is 6.44. The maximum absolute atomic E-state index is 3.43. The molecule has 0 unspecified atom stereocenters. The van der Waals surface area contributed by atoms with Crippen LogP contribution in [0.2, 0.25) is 0 Å². The van der Waals surface area contributed by atoms with Crippen LogP contribution in [0.25, 0.3) is 0 Å². The van der Waals surface area contributed by atoms with E-state index in [9.17, 15) is 0 Å². The molecule has 0 aromatic heterocycles. The molecule has 1 N–H and O–H groups in total. The first-order chi connectivity index (χ1) is 8.69. The Morgan fingerprint density at radius 2 is 1.61 bits per heavy atom. The molecule has 0 aromatic carbocycles. The number of hydrogen-bond donors (Lipinski definition) is 1. The number of rotatable bonds is 4. The Morgan fingerprint density at radius 1 is 1.00 bits per heavy atom. The topological polar surface area (TPSA) is 18.5 Å². The Bertz CT molecular complexity index is 226. The van der Waals surface area contributed by atoms with Gasteiger partial charge < -0.3 is 10.2 Å². The van der Waals surface area contributed by atoms with Gasteiger partial charge in [-0.2, -0.15) is 0 Å². The lowest BCUT2D eigenvalue weighted by atomic mass is 9.85. The van der Waals surface area contributed by atoms with E-state index < -0.39 is 0 Å². The fourth-order valence-electron chi connectivity index (χ4n) is 3.46. The lowest BCUT2D eigenvalue weighted by Gasteiger charge is -2.39. The molecule has 2 rings (SSSR count). The van der Waals surface area contributed by atoms with Crippen molar-refractivity contribution in [3.63, 3.8) is 0 Å². The van der Waals surface area contributed by atoms with Crippen molar-refractivity contribution in [3.8, 4) is 0 Å². The van der Waals surface area contributed by atoms with E-state index in [-0.39, 0.29) is 0 Å². The predicted molar refractivity (Wildman–Crippen MR) is 78.0 cm³/mol. The van der Waals surface area contributed by atoms with Crippen LogP contribution in [0.1, 0.15) is 39.5 Å². The molecule has 0 radical (unpaired) electrons. The number of hydrogen-bond acceptors (Lipinski definition) is 3. The molecule has 2 aliphatic rings. The van der Waals surface area contributed by atoms with Gasteiger partial charge in [0.05, 0.1) is 0 Å². The number of nitrogens with one attached hydrogen (secondary N) is 1. The zero-order chi connectivity index (χ0) is 13.0. The molecule has 18 heavy (non-hydrogen) atoms. The van der Waals surface area contributed by atoms with Crippen molar-refractivity contribution in [3.05, 3.63) is 0 Å². The van der Waals surface area contributed by atoms with E-state index in [4.69, 9.17) is 0 Å². The van der Waals surface area contributed by atoms with E-state index in [2.05, 4.69) is 36.0 Å². The molecule has 3 heteroatoms. The lowest BCUT2D eigenvalue weighted by molar-refractivity contribution is 0.0891. The normalized spacial score (nSPS) is 32.0. The third-order valence-electron chi connectivity index (χ3n) is 4.91. The van der Waals surface area contributed by atoms with Crippen molar-refractivity contribution in [2.45, 2.75) is 51.6 Å². The fraction of sp³-hybridized carbons (Fsp3) is 1.00. The highest BCUT2D eigenvalue weighted by Crippen LogP contribution is 2.25. The molecule has 3 nitrogen and oxygen atoms in total. The van der Waals surface area contributed by atoms with Gasteiger partial charge in [-0.3, -0.25) is 4.90 Å². The van der Waals surface area contributed by atoms with E-state index in [1.54, 1.807) is 0 Å². The Morgan fingerprint density at radius 3 is 2.11 bits per heavy atom. The highest BCUT2D eigenvalue weighted by molar-refractivity contribution is 4.80. The first kappa shape index (κ1) is 14.3. The van der Waals surface area contributed by atoms with Gasteiger partial charge in [-0.1, -0.05) is 0 Å². The minimum absolute atomic E-state index is 0.721. The summed E-state index contributed by atoms with van der Waals surface area (Å²) in [6.45, 7) is 11.1. The van der Waals surface area contributed by atoms with Gasteiger partial charge >= 0.3 is 0 Å². The maximum Gasteiger partial charge on any atom is 0.0113 e. The van der Waals surface area contributed by atoms with Gasteiger partial charge in [0.15, 0.2) is 0 Å². The smallest absolute Gasteiger partial charge is 0.0113 e. The van der Waals surface area contributed by atoms with Gasteiger partial charge in [0, 0.05) is 44.8 Å². The standard InChI is InChI=1S/C15H31N3/c1-13(2)18-10-8-17(9-11-18)12-14-4-6-15(16-3)7-5-14/h13-16H,4-12H2,1-3H3. The van der Waals surface area contributed by atoms with Crippen LogP contribution in [-0.4, -0.2) is 61.7 Å².